The van der Waals surface area contributed by atoms with Crippen LogP contribution in [-0.4, -0.2) is 38.8 Å². The lowest BCUT2D eigenvalue weighted by Gasteiger charge is -2.01. The van der Waals surface area contributed by atoms with Crippen LogP contribution in [0, 0.1) is 6.92 Å². The van der Waals surface area contributed by atoms with E-state index in [2.05, 4.69) is 4.74 Å². The molecule has 0 saturated heterocycles. The van der Waals surface area contributed by atoms with Crippen molar-refractivity contribution in [3.8, 4) is 0 Å². The van der Waals surface area contributed by atoms with Gasteiger partial charge in [-0.3, -0.25) is 9.59 Å². The van der Waals surface area contributed by atoms with Crippen LogP contribution >= 0.6 is 11.3 Å². The molecule has 0 aliphatic rings. The number of carbonyl (C=O) groups excluding carboxylic acids is 2. The van der Waals surface area contributed by atoms with Crippen molar-refractivity contribution < 1.29 is 22.7 Å². The van der Waals surface area contributed by atoms with Crippen LogP contribution in [0.3, 0.4) is 0 Å². The third-order valence-electron chi connectivity index (χ3n) is 1.93. The van der Waals surface area contributed by atoms with Gasteiger partial charge in [0.15, 0.2) is 15.6 Å². The minimum absolute atomic E-state index is 0.385. The third-order valence-corrected chi connectivity index (χ3v) is 4.35. The maximum atomic E-state index is 11.6. The van der Waals surface area contributed by atoms with Crippen LogP contribution in [0.25, 0.3) is 0 Å². The van der Waals surface area contributed by atoms with Gasteiger partial charge in [0.2, 0.25) is 0 Å². The van der Waals surface area contributed by atoms with Gasteiger partial charge >= 0.3 is 5.97 Å². The Hall–Kier alpha value is -1.21. The van der Waals surface area contributed by atoms with Crippen molar-refractivity contribution in [3.63, 3.8) is 0 Å². The van der Waals surface area contributed by atoms with Gasteiger partial charge in [0.05, 0.1) is 12.0 Å². The Morgan fingerprint density at radius 3 is 2.41 bits per heavy atom. The number of aryl methyl sites for hydroxylation is 1. The number of methoxy groups -OCH3 is 1. The molecule has 1 rings (SSSR count). The molecule has 0 N–H and O–H groups in total. The maximum Gasteiger partial charge on any atom is 0.320 e. The Morgan fingerprint density at radius 1 is 1.29 bits per heavy atom. The molecular weight excluding hydrogens is 264 g/mol. The molecule has 7 heteroatoms. The summed E-state index contributed by atoms with van der Waals surface area (Å²) in [6.07, 6.45) is 0. The minimum atomic E-state index is -3.75. The summed E-state index contributed by atoms with van der Waals surface area (Å²) in [5.41, 5.74) is 0. The highest BCUT2D eigenvalue weighted by molar-refractivity contribution is 7.92. The fourth-order valence-electron chi connectivity index (χ4n) is 1.14. The molecule has 0 saturated carbocycles. The second kappa shape index (κ2) is 5.42. The molecule has 17 heavy (non-hydrogen) atoms. The Balaban J connectivity index is 2.71. The fourth-order valence-corrected chi connectivity index (χ4v) is 3.18. The number of hydrogen-bond acceptors (Lipinski definition) is 6. The van der Waals surface area contributed by atoms with Gasteiger partial charge < -0.3 is 4.74 Å². The van der Waals surface area contributed by atoms with Crippen molar-refractivity contribution in [3.05, 3.63) is 21.9 Å². The number of carbonyl (C=O) groups is 2. The van der Waals surface area contributed by atoms with Crippen molar-refractivity contribution in [1.29, 1.82) is 0 Å². The molecule has 0 aromatic carbocycles. The lowest BCUT2D eigenvalue weighted by molar-refractivity contribution is -0.137. The topological polar surface area (TPSA) is 77.5 Å². The van der Waals surface area contributed by atoms with Crippen LogP contribution in [0.5, 0.6) is 0 Å². The minimum Gasteiger partial charge on any atom is -0.468 e. The summed E-state index contributed by atoms with van der Waals surface area (Å²) in [5, 5.41) is 0. The summed E-state index contributed by atoms with van der Waals surface area (Å²) >= 11 is 1.23. The smallest absolute Gasteiger partial charge is 0.320 e. The first kappa shape index (κ1) is 13.9. The summed E-state index contributed by atoms with van der Waals surface area (Å²) in [7, 11) is -2.65. The molecule has 5 nitrogen and oxygen atoms in total. The van der Waals surface area contributed by atoms with Crippen LogP contribution in [0.4, 0.5) is 0 Å². The quantitative estimate of drug-likeness (QED) is 0.588. The number of ketones is 1. The lowest BCUT2D eigenvalue weighted by atomic mass is 10.3. The first-order valence-electron chi connectivity index (χ1n) is 4.71. The predicted molar refractivity (Wildman–Crippen MR) is 64.1 cm³/mol. The highest BCUT2D eigenvalue weighted by atomic mass is 32.2. The van der Waals surface area contributed by atoms with E-state index in [9.17, 15) is 18.0 Å². The van der Waals surface area contributed by atoms with Crippen molar-refractivity contribution in [2.45, 2.75) is 6.92 Å². The van der Waals surface area contributed by atoms with Crippen LogP contribution in [-0.2, 0) is 19.4 Å². The zero-order valence-electron chi connectivity index (χ0n) is 9.43. The molecule has 0 bridgehead atoms. The summed E-state index contributed by atoms with van der Waals surface area (Å²) in [4.78, 5) is 23.8. The largest absolute Gasteiger partial charge is 0.468 e. The first-order chi connectivity index (χ1) is 7.84. The number of rotatable bonds is 5. The average Bonchev–Trinajstić information content (AvgIpc) is 2.63. The predicted octanol–water partition coefficient (Wildman–Crippen LogP) is 0.827. The molecule has 1 aromatic rings. The number of ether oxygens (including phenoxy) is 1. The first-order valence-corrected chi connectivity index (χ1v) is 7.35. The van der Waals surface area contributed by atoms with E-state index in [-0.39, 0.29) is 0 Å². The Bertz CT molecular complexity index is 527. The number of sulfone groups is 1. The second-order valence-electron chi connectivity index (χ2n) is 3.44. The molecule has 0 spiro atoms. The van der Waals surface area contributed by atoms with Crippen molar-refractivity contribution >= 4 is 32.9 Å². The van der Waals surface area contributed by atoms with E-state index < -0.39 is 33.1 Å². The second-order valence-corrected chi connectivity index (χ2v) is 6.79. The van der Waals surface area contributed by atoms with E-state index in [0.29, 0.717) is 4.88 Å². The molecular formula is C10H12O5S2. The summed E-state index contributed by atoms with van der Waals surface area (Å²) in [6, 6.07) is 3.32. The van der Waals surface area contributed by atoms with Crippen LogP contribution in [0.15, 0.2) is 12.1 Å². The van der Waals surface area contributed by atoms with Gasteiger partial charge in [0.1, 0.15) is 11.5 Å². The Kier molecular flexibility index (Phi) is 4.41. The van der Waals surface area contributed by atoms with E-state index in [1.807, 2.05) is 6.92 Å². The molecule has 0 aliphatic carbocycles. The molecule has 1 aromatic heterocycles. The van der Waals surface area contributed by atoms with E-state index in [4.69, 9.17) is 0 Å². The van der Waals surface area contributed by atoms with Gasteiger partial charge in [-0.25, -0.2) is 8.42 Å². The van der Waals surface area contributed by atoms with Crippen LogP contribution in [0.1, 0.15) is 14.5 Å². The number of thiophene rings is 1. The SMILES string of the molecule is COC(=O)CS(=O)(=O)CC(=O)c1ccc(C)s1. The standard InChI is InChI=1S/C10H12O5S2/c1-7-3-4-9(16-7)8(11)5-17(13,14)6-10(12)15-2/h3-4H,5-6H2,1-2H3. The van der Waals surface area contributed by atoms with E-state index >= 15 is 0 Å². The van der Waals surface area contributed by atoms with Gasteiger partial charge in [-0.1, -0.05) is 0 Å². The van der Waals surface area contributed by atoms with Crippen molar-refractivity contribution in [2.75, 3.05) is 18.6 Å². The molecule has 1 heterocycles. The van der Waals surface area contributed by atoms with E-state index in [1.165, 1.54) is 11.3 Å². The third kappa shape index (κ3) is 4.27. The summed E-state index contributed by atoms with van der Waals surface area (Å²) < 4.78 is 27.2. The van der Waals surface area contributed by atoms with Gasteiger partial charge in [-0.2, -0.15) is 0 Å². The summed E-state index contributed by atoms with van der Waals surface area (Å²) in [5.74, 6) is -2.78. The van der Waals surface area contributed by atoms with Gasteiger partial charge in [0, 0.05) is 4.88 Å². The zero-order chi connectivity index (χ0) is 13.1. The molecule has 94 valence electrons. The van der Waals surface area contributed by atoms with Gasteiger partial charge in [-0.15, -0.1) is 11.3 Å². The fraction of sp³-hybridized carbons (Fsp3) is 0.400. The van der Waals surface area contributed by atoms with Crippen LogP contribution in [0.2, 0.25) is 0 Å². The van der Waals surface area contributed by atoms with Gasteiger partial charge in [0.25, 0.3) is 0 Å². The average molecular weight is 276 g/mol. The number of Topliss-reactive ketones (excluding diaryl/α,β-unsaturated/α-hetero) is 1. The highest BCUT2D eigenvalue weighted by Crippen LogP contribution is 2.16. The normalized spacial score (nSPS) is 11.2. The lowest BCUT2D eigenvalue weighted by Crippen LogP contribution is -2.24. The molecule has 0 atom stereocenters. The molecule has 0 amide bonds. The van der Waals surface area contributed by atoms with E-state index in [1.54, 1.807) is 12.1 Å². The highest BCUT2D eigenvalue weighted by Gasteiger charge is 2.22. The molecule has 0 aliphatic heterocycles. The zero-order valence-corrected chi connectivity index (χ0v) is 11.1. The van der Waals surface area contributed by atoms with Crippen LogP contribution < -0.4 is 0 Å². The van der Waals surface area contributed by atoms with E-state index in [0.717, 1.165) is 12.0 Å². The van der Waals surface area contributed by atoms with Crippen molar-refractivity contribution in [1.82, 2.24) is 0 Å². The summed E-state index contributed by atoms with van der Waals surface area (Å²) in [6.45, 7) is 1.82. The Morgan fingerprint density at radius 2 is 1.94 bits per heavy atom. The van der Waals surface area contributed by atoms with Crippen molar-refractivity contribution in [2.24, 2.45) is 0 Å². The number of hydrogen-bond donors (Lipinski definition) is 0. The molecule has 0 unspecified atom stereocenters. The maximum absolute atomic E-state index is 11.6. The van der Waals surface area contributed by atoms with Gasteiger partial charge in [-0.05, 0) is 19.1 Å². The molecule has 0 fully saturated rings. The Labute approximate surface area is 103 Å². The monoisotopic (exact) mass is 276 g/mol. The number of esters is 1. The molecule has 0 radical (unpaired) electrons.